The van der Waals surface area contributed by atoms with E-state index in [1.807, 2.05) is 0 Å². The maximum atomic E-state index is 14.2. The molecule has 0 radical (unpaired) electrons. The third-order valence-corrected chi connectivity index (χ3v) is 3.79. The van der Waals surface area contributed by atoms with E-state index in [1.165, 1.54) is 6.07 Å². The average Bonchev–Trinajstić information content (AvgIpc) is 2.98. The van der Waals surface area contributed by atoms with Crippen LogP contribution in [0.5, 0.6) is 0 Å². The number of ether oxygens (including phenoxy) is 1. The van der Waals surface area contributed by atoms with Crippen molar-refractivity contribution in [3.63, 3.8) is 0 Å². The van der Waals surface area contributed by atoms with E-state index in [-0.39, 0.29) is 5.82 Å². The minimum Gasteiger partial charge on any atom is -0.383 e. The zero-order chi connectivity index (χ0) is 14.0. The van der Waals surface area contributed by atoms with E-state index in [0.29, 0.717) is 24.3 Å². The van der Waals surface area contributed by atoms with Crippen molar-refractivity contribution in [2.24, 2.45) is 0 Å². The molecule has 0 aliphatic carbocycles. The second kappa shape index (κ2) is 5.31. The predicted molar refractivity (Wildman–Crippen MR) is 72.5 cm³/mol. The van der Waals surface area contributed by atoms with Crippen molar-refractivity contribution in [1.82, 2.24) is 4.98 Å². The lowest BCUT2D eigenvalue weighted by Gasteiger charge is -2.33. The summed E-state index contributed by atoms with van der Waals surface area (Å²) in [5, 5.41) is 10.7. The van der Waals surface area contributed by atoms with Crippen LogP contribution in [0.25, 0.3) is 0 Å². The number of nitrogens with zero attached hydrogens (tertiary/aromatic N) is 1. The molecular formula is C16H16FNO2. The smallest absolute Gasteiger partial charge is 0.129 e. The molecule has 0 saturated carbocycles. The number of hydrogen-bond donors (Lipinski definition) is 1. The molecule has 3 nitrogen and oxygen atoms in total. The van der Waals surface area contributed by atoms with Gasteiger partial charge in [0.05, 0.1) is 5.69 Å². The maximum Gasteiger partial charge on any atom is 0.129 e. The molecule has 1 aliphatic rings. The van der Waals surface area contributed by atoms with Crippen LogP contribution in [0.4, 0.5) is 4.39 Å². The highest BCUT2D eigenvalue weighted by Crippen LogP contribution is 2.46. The molecule has 0 amide bonds. The van der Waals surface area contributed by atoms with Crippen LogP contribution >= 0.6 is 0 Å². The summed E-state index contributed by atoms with van der Waals surface area (Å²) < 4.78 is 19.9. The largest absolute Gasteiger partial charge is 0.383 e. The third-order valence-electron chi connectivity index (χ3n) is 3.79. The van der Waals surface area contributed by atoms with E-state index in [9.17, 15) is 9.50 Å². The first-order chi connectivity index (χ1) is 9.74. The van der Waals surface area contributed by atoms with Gasteiger partial charge in [0, 0.05) is 18.4 Å². The van der Waals surface area contributed by atoms with Crippen LogP contribution < -0.4 is 0 Å². The lowest BCUT2D eigenvalue weighted by Crippen LogP contribution is -2.34. The van der Waals surface area contributed by atoms with E-state index >= 15 is 0 Å². The van der Waals surface area contributed by atoms with E-state index in [4.69, 9.17) is 4.74 Å². The minimum absolute atomic E-state index is 0.357. The molecule has 4 heteroatoms. The lowest BCUT2D eigenvalue weighted by atomic mass is 9.83. The van der Waals surface area contributed by atoms with Gasteiger partial charge >= 0.3 is 0 Å². The zero-order valence-electron chi connectivity index (χ0n) is 11.0. The Labute approximate surface area is 117 Å². The molecule has 2 heterocycles. The molecule has 1 aromatic carbocycles. The summed E-state index contributed by atoms with van der Waals surface area (Å²) >= 11 is 0. The van der Waals surface area contributed by atoms with Gasteiger partial charge in [-0.25, -0.2) is 4.39 Å². The third kappa shape index (κ3) is 2.11. The van der Waals surface area contributed by atoms with Gasteiger partial charge in [-0.1, -0.05) is 24.3 Å². The van der Waals surface area contributed by atoms with Crippen LogP contribution in [0.2, 0.25) is 0 Å². The molecule has 3 rings (SSSR count). The van der Waals surface area contributed by atoms with Gasteiger partial charge in [0.1, 0.15) is 17.5 Å². The Morgan fingerprint density at radius 2 is 2.00 bits per heavy atom. The number of aromatic nitrogens is 1. The molecule has 0 bridgehead atoms. The van der Waals surface area contributed by atoms with Gasteiger partial charge in [-0.15, -0.1) is 0 Å². The molecule has 2 atom stereocenters. The first kappa shape index (κ1) is 13.2. The highest BCUT2D eigenvalue weighted by Gasteiger charge is 2.46. The quantitative estimate of drug-likeness (QED) is 0.935. The topological polar surface area (TPSA) is 42.4 Å². The van der Waals surface area contributed by atoms with Crippen LogP contribution in [0.3, 0.4) is 0 Å². The molecule has 20 heavy (non-hydrogen) atoms. The average molecular weight is 273 g/mol. The fourth-order valence-corrected chi connectivity index (χ4v) is 2.82. The number of pyridine rings is 1. The Hall–Kier alpha value is -1.78. The van der Waals surface area contributed by atoms with Crippen molar-refractivity contribution in [1.29, 1.82) is 0 Å². The Balaban J connectivity index is 2.07. The summed E-state index contributed by atoms with van der Waals surface area (Å²) in [6, 6.07) is 11.8. The summed E-state index contributed by atoms with van der Waals surface area (Å²) in [5.41, 5.74) is -0.145. The predicted octanol–water partition coefficient (Wildman–Crippen LogP) is 2.96. The van der Waals surface area contributed by atoms with Crippen molar-refractivity contribution in [3.05, 3.63) is 65.7 Å². The van der Waals surface area contributed by atoms with Crippen molar-refractivity contribution in [3.8, 4) is 0 Å². The minimum atomic E-state index is -1.04. The van der Waals surface area contributed by atoms with Crippen LogP contribution in [0, 0.1) is 5.82 Å². The van der Waals surface area contributed by atoms with E-state index in [0.717, 1.165) is 6.42 Å². The van der Waals surface area contributed by atoms with Crippen molar-refractivity contribution in [2.75, 3.05) is 6.61 Å². The summed E-state index contributed by atoms with van der Waals surface area (Å²) in [6.45, 7) is 0.512. The summed E-state index contributed by atoms with van der Waals surface area (Å²) in [7, 11) is 0. The number of halogens is 1. The Bertz CT molecular complexity index is 582. The standard InChI is InChI=1S/C16H16FNO2/c17-13-7-2-1-6-12(13)16(9-5-11-20-16)15(19)14-8-3-4-10-18-14/h1-4,6-8,10,15,19H,5,9,11H2. The fraction of sp³-hybridized carbons (Fsp3) is 0.312. The van der Waals surface area contributed by atoms with Crippen molar-refractivity contribution >= 4 is 0 Å². The molecule has 1 fully saturated rings. The zero-order valence-corrected chi connectivity index (χ0v) is 11.0. The normalized spacial score (nSPS) is 23.7. The molecule has 1 N–H and O–H groups in total. The van der Waals surface area contributed by atoms with Gasteiger partial charge in [0.2, 0.25) is 0 Å². The van der Waals surface area contributed by atoms with Crippen LogP contribution in [-0.2, 0) is 10.3 Å². The Morgan fingerprint density at radius 3 is 2.65 bits per heavy atom. The SMILES string of the molecule is OC(c1ccccn1)C1(c2ccccc2F)CCCO1. The molecular weight excluding hydrogens is 257 g/mol. The number of aliphatic hydroxyl groups is 1. The Morgan fingerprint density at radius 1 is 1.20 bits per heavy atom. The van der Waals surface area contributed by atoms with E-state index in [1.54, 1.807) is 42.6 Å². The summed E-state index contributed by atoms with van der Waals surface area (Å²) in [5.74, 6) is -0.357. The number of rotatable bonds is 3. The lowest BCUT2D eigenvalue weighted by molar-refractivity contribution is -0.102. The Kier molecular flexibility index (Phi) is 3.51. The highest BCUT2D eigenvalue weighted by molar-refractivity contribution is 5.29. The van der Waals surface area contributed by atoms with Crippen LogP contribution in [0.1, 0.15) is 30.2 Å². The van der Waals surface area contributed by atoms with Gasteiger partial charge in [-0.3, -0.25) is 4.98 Å². The van der Waals surface area contributed by atoms with Crippen molar-refractivity contribution < 1.29 is 14.2 Å². The molecule has 0 spiro atoms. The molecule has 1 aliphatic heterocycles. The van der Waals surface area contributed by atoms with Gasteiger partial charge in [-0.05, 0) is 31.0 Å². The monoisotopic (exact) mass is 273 g/mol. The molecule has 2 aromatic rings. The fourth-order valence-electron chi connectivity index (χ4n) is 2.82. The molecule has 1 aromatic heterocycles. The molecule has 104 valence electrons. The summed E-state index contributed by atoms with van der Waals surface area (Å²) in [4.78, 5) is 4.17. The molecule has 2 unspecified atom stereocenters. The first-order valence-corrected chi connectivity index (χ1v) is 6.72. The molecule has 1 saturated heterocycles. The number of hydrogen-bond acceptors (Lipinski definition) is 3. The van der Waals surface area contributed by atoms with Gasteiger partial charge in [0.15, 0.2) is 0 Å². The van der Waals surface area contributed by atoms with E-state index in [2.05, 4.69) is 4.98 Å². The van der Waals surface area contributed by atoms with Gasteiger partial charge < -0.3 is 9.84 Å². The summed E-state index contributed by atoms with van der Waals surface area (Å²) in [6.07, 6.45) is 2.00. The maximum absolute atomic E-state index is 14.2. The number of benzene rings is 1. The van der Waals surface area contributed by atoms with E-state index < -0.39 is 11.7 Å². The van der Waals surface area contributed by atoms with Crippen LogP contribution in [0.15, 0.2) is 48.7 Å². The first-order valence-electron chi connectivity index (χ1n) is 6.72. The van der Waals surface area contributed by atoms with Crippen LogP contribution in [-0.4, -0.2) is 16.7 Å². The van der Waals surface area contributed by atoms with Crippen molar-refractivity contribution in [2.45, 2.75) is 24.5 Å². The van der Waals surface area contributed by atoms with Gasteiger partial charge in [0.25, 0.3) is 0 Å². The highest BCUT2D eigenvalue weighted by atomic mass is 19.1. The second-order valence-corrected chi connectivity index (χ2v) is 4.98. The number of aliphatic hydroxyl groups excluding tert-OH is 1. The van der Waals surface area contributed by atoms with Gasteiger partial charge in [-0.2, -0.15) is 0 Å². The second-order valence-electron chi connectivity index (χ2n) is 4.98.